The fraction of sp³-hybridized carbons (Fsp3) is 0.250. The number of nitrogens with zero attached hydrogens (tertiary/aromatic N) is 3. The first-order valence-corrected chi connectivity index (χ1v) is 3.53. The minimum absolute atomic E-state index is 0.0163. The Labute approximate surface area is 70.1 Å². The van der Waals surface area contributed by atoms with Crippen LogP contribution < -0.4 is 0 Å². The molecule has 1 aromatic rings. The molecule has 0 amide bonds. The van der Waals surface area contributed by atoms with Crippen molar-refractivity contribution >= 4 is 5.69 Å². The highest BCUT2D eigenvalue weighted by molar-refractivity contribution is 5.43. The first kappa shape index (κ1) is 8.59. The van der Waals surface area contributed by atoms with Gasteiger partial charge in [0.25, 0.3) is 0 Å². The molecule has 0 fully saturated rings. The molecule has 0 unspecified atom stereocenters. The third-order valence-corrected chi connectivity index (χ3v) is 1.66. The van der Waals surface area contributed by atoms with Crippen molar-refractivity contribution in [2.24, 2.45) is 5.11 Å². The van der Waals surface area contributed by atoms with E-state index in [1.54, 1.807) is 18.2 Å². The summed E-state index contributed by atoms with van der Waals surface area (Å²) in [6.07, 6.45) is 0. The lowest BCUT2D eigenvalue weighted by atomic mass is 10.1. The van der Waals surface area contributed by atoms with E-state index in [0.29, 0.717) is 5.69 Å². The standard InChI is InChI=1S/C8H9N3O/c1-6-4-8(10-11-9)3-2-7(6)5-12/h2-4,12H,5H2,1H3. The Morgan fingerprint density at radius 3 is 2.83 bits per heavy atom. The van der Waals surface area contributed by atoms with Crippen molar-refractivity contribution in [1.82, 2.24) is 0 Å². The zero-order valence-corrected chi connectivity index (χ0v) is 6.73. The lowest BCUT2D eigenvalue weighted by Gasteiger charge is -2.01. The Hall–Kier alpha value is -1.51. The van der Waals surface area contributed by atoms with Gasteiger partial charge in [0.1, 0.15) is 0 Å². The molecule has 12 heavy (non-hydrogen) atoms. The lowest BCUT2D eigenvalue weighted by molar-refractivity contribution is 0.281. The fourth-order valence-electron chi connectivity index (χ4n) is 0.971. The number of benzene rings is 1. The van der Waals surface area contributed by atoms with Gasteiger partial charge in [-0.2, -0.15) is 0 Å². The van der Waals surface area contributed by atoms with Crippen LogP contribution in [0.3, 0.4) is 0 Å². The van der Waals surface area contributed by atoms with Crippen LogP contribution in [0.15, 0.2) is 23.3 Å². The van der Waals surface area contributed by atoms with Crippen LogP contribution in [0.5, 0.6) is 0 Å². The summed E-state index contributed by atoms with van der Waals surface area (Å²) in [6.45, 7) is 1.88. The highest BCUT2D eigenvalue weighted by Crippen LogP contribution is 2.17. The van der Waals surface area contributed by atoms with Gasteiger partial charge in [-0.25, -0.2) is 0 Å². The second-order valence-electron chi connectivity index (χ2n) is 2.46. The average molecular weight is 163 g/mol. The van der Waals surface area contributed by atoms with Crippen molar-refractivity contribution < 1.29 is 5.11 Å². The van der Waals surface area contributed by atoms with Crippen LogP contribution in [0.25, 0.3) is 10.4 Å². The maximum Gasteiger partial charge on any atom is 0.0684 e. The van der Waals surface area contributed by atoms with Gasteiger partial charge in [-0.15, -0.1) is 0 Å². The van der Waals surface area contributed by atoms with Gasteiger partial charge < -0.3 is 5.11 Å². The van der Waals surface area contributed by atoms with Crippen LogP contribution in [0.2, 0.25) is 0 Å². The second-order valence-corrected chi connectivity index (χ2v) is 2.46. The first-order chi connectivity index (χ1) is 5.77. The van der Waals surface area contributed by atoms with Crippen LogP contribution in [-0.4, -0.2) is 5.11 Å². The summed E-state index contributed by atoms with van der Waals surface area (Å²) >= 11 is 0. The number of rotatable bonds is 2. The van der Waals surface area contributed by atoms with Gasteiger partial charge >= 0.3 is 0 Å². The molecule has 4 heteroatoms. The molecule has 0 heterocycles. The van der Waals surface area contributed by atoms with E-state index in [1.165, 1.54) is 0 Å². The summed E-state index contributed by atoms with van der Waals surface area (Å²) in [4.78, 5) is 2.67. The molecule has 0 saturated carbocycles. The van der Waals surface area contributed by atoms with E-state index in [4.69, 9.17) is 10.6 Å². The third kappa shape index (κ3) is 1.75. The smallest absolute Gasteiger partial charge is 0.0684 e. The predicted octanol–water partition coefficient (Wildman–Crippen LogP) is 2.43. The lowest BCUT2D eigenvalue weighted by Crippen LogP contribution is -1.86. The van der Waals surface area contributed by atoms with Crippen molar-refractivity contribution in [3.8, 4) is 0 Å². The molecule has 4 nitrogen and oxygen atoms in total. The molecule has 0 aliphatic carbocycles. The van der Waals surface area contributed by atoms with Gasteiger partial charge in [0.2, 0.25) is 0 Å². The van der Waals surface area contributed by atoms with Crippen molar-refractivity contribution in [3.63, 3.8) is 0 Å². The zero-order valence-electron chi connectivity index (χ0n) is 6.73. The van der Waals surface area contributed by atoms with Gasteiger partial charge in [-0.3, -0.25) is 0 Å². The fourth-order valence-corrected chi connectivity index (χ4v) is 0.971. The number of azide groups is 1. The number of aryl methyl sites for hydroxylation is 1. The molecule has 0 saturated heterocycles. The van der Waals surface area contributed by atoms with E-state index in [1.807, 2.05) is 6.92 Å². The SMILES string of the molecule is Cc1cc(N=[N+]=[N-])ccc1CO. The summed E-state index contributed by atoms with van der Waals surface area (Å²) in [5.74, 6) is 0. The largest absolute Gasteiger partial charge is 0.392 e. The molecule has 0 atom stereocenters. The molecule has 0 bridgehead atoms. The summed E-state index contributed by atoms with van der Waals surface area (Å²) in [5.41, 5.74) is 10.5. The minimum atomic E-state index is 0.0163. The Balaban J connectivity index is 3.09. The quantitative estimate of drug-likeness (QED) is 0.406. The van der Waals surface area contributed by atoms with E-state index in [9.17, 15) is 0 Å². The predicted molar refractivity (Wildman–Crippen MR) is 45.9 cm³/mol. The van der Waals surface area contributed by atoms with Crippen LogP contribution in [0.1, 0.15) is 11.1 Å². The molecule has 1 N–H and O–H groups in total. The molecule has 62 valence electrons. The van der Waals surface area contributed by atoms with Crippen molar-refractivity contribution in [2.45, 2.75) is 13.5 Å². The van der Waals surface area contributed by atoms with Gasteiger partial charge in [0.15, 0.2) is 0 Å². The van der Waals surface area contributed by atoms with Crippen LogP contribution in [0.4, 0.5) is 5.69 Å². The molecule has 1 aromatic carbocycles. The van der Waals surface area contributed by atoms with Crippen molar-refractivity contribution in [3.05, 3.63) is 39.8 Å². The summed E-state index contributed by atoms with van der Waals surface area (Å²) < 4.78 is 0. The molecule has 0 aliphatic heterocycles. The summed E-state index contributed by atoms with van der Waals surface area (Å²) in [6, 6.07) is 5.17. The highest BCUT2D eigenvalue weighted by atomic mass is 16.3. The second kappa shape index (κ2) is 3.76. The van der Waals surface area contributed by atoms with E-state index < -0.39 is 0 Å². The van der Waals surface area contributed by atoms with Gasteiger partial charge in [0, 0.05) is 10.6 Å². The topological polar surface area (TPSA) is 69.0 Å². The van der Waals surface area contributed by atoms with Gasteiger partial charge in [0.05, 0.1) is 6.61 Å². The summed E-state index contributed by atoms with van der Waals surface area (Å²) in [7, 11) is 0. The minimum Gasteiger partial charge on any atom is -0.392 e. The molecule has 0 radical (unpaired) electrons. The van der Waals surface area contributed by atoms with Gasteiger partial charge in [-0.1, -0.05) is 17.2 Å². The average Bonchev–Trinajstić information content (AvgIpc) is 2.05. The molecule has 0 spiro atoms. The normalized spacial score (nSPS) is 9.17. The van der Waals surface area contributed by atoms with Gasteiger partial charge in [-0.05, 0) is 29.6 Å². The Kier molecular flexibility index (Phi) is 2.69. The van der Waals surface area contributed by atoms with E-state index >= 15 is 0 Å². The Bertz CT molecular complexity index is 329. The zero-order chi connectivity index (χ0) is 8.97. The number of hydrogen-bond acceptors (Lipinski definition) is 2. The molecule has 0 aliphatic rings. The molecular weight excluding hydrogens is 154 g/mol. The number of aliphatic hydroxyl groups is 1. The Morgan fingerprint density at radius 1 is 1.58 bits per heavy atom. The maximum absolute atomic E-state index is 8.84. The number of aliphatic hydroxyl groups excluding tert-OH is 1. The molecule has 1 rings (SSSR count). The molecule has 0 aromatic heterocycles. The van der Waals surface area contributed by atoms with Crippen molar-refractivity contribution in [1.29, 1.82) is 0 Å². The Morgan fingerprint density at radius 2 is 2.33 bits per heavy atom. The monoisotopic (exact) mass is 163 g/mol. The van der Waals surface area contributed by atoms with E-state index in [2.05, 4.69) is 10.0 Å². The first-order valence-electron chi connectivity index (χ1n) is 3.53. The van der Waals surface area contributed by atoms with E-state index in [-0.39, 0.29) is 6.61 Å². The van der Waals surface area contributed by atoms with Crippen molar-refractivity contribution in [2.75, 3.05) is 0 Å². The summed E-state index contributed by atoms with van der Waals surface area (Å²) in [5, 5.41) is 12.3. The number of hydrogen-bond donors (Lipinski definition) is 1. The van der Waals surface area contributed by atoms with E-state index in [0.717, 1.165) is 11.1 Å². The maximum atomic E-state index is 8.84. The van der Waals surface area contributed by atoms with Crippen LogP contribution in [-0.2, 0) is 6.61 Å². The third-order valence-electron chi connectivity index (χ3n) is 1.66. The van der Waals surface area contributed by atoms with Crippen LogP contribution in [0, 0.1) is 6.92 Å². The highest BCUT2D eigenvalue weighted by Gasteiger charge is 1.96. The molecular formula is C8H9N3O. The van der Waals surface area contributed by atoms with Crippen LogP contribution >= 0.6 is 0 Å².